The summed E-state index contributed by atoms with van der Waals surface area (Å²) in [7, 11) is 0. The van der Waals surface area contributed by atoms with E-state index in [-0.39, 0.29) is 5.41 Å². The normalized spacial score (nSPS) is 13.3. The highest BCUT2D eigenvalue weighted by molar-refractivity contribution is 6.09. The van der Waals surface area contributed by atoms with Gasteiger partial charge in [0.2, 0.25) is 0 Å². The molecular formula is C47H33NO. The molecule has 0 bridgehead atoms. The molecule has 0 fully saturated rings. The first-order valence-corrected chi connectivity index (χ1v) is 17.0. The molecule has 0 N–H and O–H groups in total. The summed E-state index contributed by atoms with van der Waals surface area (Å²) in [5.41, 5.74) is 12.8. The Hall–Kier alpha value is -6.12. The first kappa shape index (κ1) is 27.9. The van der Waals surface area contributed by atoms with Crippen LogP contribution >= 0.6 is 0 Å². The third kappa shape index (κ3) is 4.20. The predicted molar refractivity (Wildman–Crippen MR) is 206 cm³/mol. The smallest absolute Gasteiger partial charge is 0.135 e. The molecule has 10 rings (SSSR count). The minimum Gasteiger partial charge on any atom is -0.456 e. The van der Waals surface area contributed by atoms with Gasteiger partial charge in [-0.15, -0.1) is 0 Å². The number of nitrogens with zero attached hydrogens (tertiary/aromatic N) is 1. The fraction of sp³-hybridized carbons (Fsp3) is 0.0638. The van der Waals surface area contributed by atoms with Crippen molar-refractivity contribution >= 4 is 60.5 Å². The van der Waals surface area contributed by atoms with Gasteiger partial charge in [-0.3, -0.25) is 0 Å². The van der Waals surface area contributed by atoms with Crippen LogP contribution in [0.1, 0.15) is 25.0 Å². The second kappa shape index (κ2) is 10.4. The molecular weight excluding hydrogens is 595 g/mol. The summed E-state index contributed by atoms with van der Waals surface area (Å²) in [4.78, 5) is 2.46. The zero-order chi connectivity index (χ0) is 32.7. The average Bonchev–Trinajstić information content (AvgIpc) is 3.63. The van der Waals surface area contributed by atoms with E-state index in [1.54, 1.807) is 0 Å². The lowest BCUT2D eigenvalue weighted by Crippen LogP contribution is -2.17. The van der Waals surface area contributed by atoms with Crippen molar-refractivity contribution < 1.29 is 4.42 Å². The van der Waals surface area contributed by atoms with Crippen LogP contribution in [0.2, 0.25) is 0 Å². The fourth-order valence-electron chi connectivity index (χ4n) is 8.21. The van der Waals surface area contributed by atoms with E-state index in [1.807, 2.05) is 12.1 Å². The molecule has 49 heavy (non-hydrogen) atoms. The number of rotatable bonds is 4. The first-order chi connectivity index (χ1) is 24.0. The quantitative estimate of drug-likeness (QED) is 0.193. The van der Waals surface area contributed by atoms with E-state index in [0.29, 0.717) is 0 Å². The van der Waals surface area contributed by atoms with E-state index < -0.39 is 0 Å². The monoisotopic (exact) mass is 627 g/mol. The zero-order valence-corrected chi connectivity index (χ0v) is 27.4. The molecule has 0 unspecified atom stereocenters. The lowest BCUT2D eigenvalue weighted by molar-refractivity contribution is 0.660. The SMILES string of the molecule is CC1(C)c2ccccc2-c2ccc(N(c3ccc4oc5ccccc5c4c3)c3ccc4ccccc4c3-c3ccc4ccccc4c3)cc21. The van der Waals surface area contributed by atoms with Gasteiger partial charge in [0.25, 0.3) is 0 Å². The zero-order valence-electron chi connectivity index (χ0n) is 27.4. The van der Waals surface area contributed by atoms with E-state index >= 15 is 0 Å². The van der Waals surface area contributed by atoms with Crippen LogP contribution in [-0.4, -0.2) is 0 Å². The number of para-hydroxylation sites is 1. The number of hydrogen-bond donors (Lipinski definition) is 0. The van der Waals surface area contributed by atoms with Crippen LogP contribution in [0.3, 0.4) is 0 Å². The molecule has 1 aliphatic carbocycles. The number of fused-ring (bicyclic) bond motifs is 8. The predicted octanol–water partition coefficient (Wildman–Crippen LogP) is 13.3. The molecule has 0 saturated carbocycles. The van der Waals surface area contributed by atoms with Gasteiger partial charge in [-0.1, -0.05) is 129 Å². The van der Waals surface area contributed by atoms with Crippen molar-refractivity contribution in [2.24, 2.45) is 0 Å². The van der Waals surface area contributed by atoms with Crippen LogP contribution in [0.4, 0.5) is 17.1 Å². The Bertz CT molecular complexity index is 2770. The van der Waals surface area contributed by atoms with Gasteiger partial charge >= 0.3 is 0 Å². The molecule has 0 amide bonds. The summed E-state index contributed by atoms with van der Waals surface area (Å²) in [6.45, 7) is 4.71. The minimum absolute atomic E-state index is 0.122. The number of furan rings is 1. The molecule has 0 atom stereocenters. The van der Waals surface area contributed by atoms with E-state index in [2.05, 4.69) is 170 Å². The molecule has 232 valence electrons. The van der Waals surface area contributed by atoms with E-state index in [1.165, 1.54) is 54.9 Å². The molecule has 2 heteroatoms. The van der Waals surface area contributed by atoms with Crippen molar-refractivity contribution in [1.82, 2.24) is 0 Å². The maximum atomic E-state index is 6.30. The van der Waals surface area contributed by atoms with Gasteiger partial charge in [0, 0.05) is 33.1 Å². The summed E-state index contributed by atoms with van der Waals surface area (Å²) < 4.78 is 6.30. The van der Waals surface area contributed by atoms with Crippen molar-refractivity contribution in [2.75, 3.05) is 4.90 Å². The molecule has 1 aliphatic rings. The molecule has 9 aromatic rings. The molecule has 0 saturated heterocycles. The minimum atomic E-state index is -0.122. The molecule has 1 heterocycles. The van der Waals surface area contributed by atoms with Gasteiger partial charge in [-0.05, 0) is 97.9 Å². The highest BCUT2D eigenvalue weighted by Crippen LogP contribution is 2.52. The summed E-state index contributed by atoms with van der Waals surface area (Å²) in [5.74, 6) is 0. The Balaban J connectivity index is 1.28. The van der Waals surface area contributed by atoms with Crippen molar-refractivity contribution in [3.05, 3.63) is 175 Å². The molecule has 1 aromatic heterocycles. The Labute approximate surface area is 285 Å². The summed E-state index contributed by atoms with van der Waals surface area (Å²) in [6.07, 6.45) is 0. The molecule has 8 aromatic carbocycles. The van der Waals surface area contributed by atoms with Crippen molar-refractivity contribution in [2.45, 2.75) is 19.3 Å². The van der Waals surface area contributed by atoms with Crippen molar-refractivity contribution in [1.29, 1.82) is 0 Å². The molecule has 0 radical (unpaired) electrons. The number of benzene rings is 8. The van der Waals surface area contributed by atoms with Gasteiger partial charge in [0.1, 0.15) is 11.2 Å². The highest BCUT2D eigenvalue weighted by Gasteiger charge is 2.36. The van der Waals surface area contributed by atoms with Crippen LogP contribution in [-0.2, 0) is 5.41 Å². The van der Waals surface area contributed by atoms with Gasteiger partial charge in [-0.2, -0.15) is 0 Å². The Morgan fingerprint density at radius 3 is 2.00 bits per heavy atom. The van der Waals surface area contributed by atoms with E-state index in [4.69, 9.17) is 4.42 Å². The van der Waals surface area contributed by atoms with Gasteiger partial charge in [0.05, 0.1) is 5.69 Å². The maximum absolute atomic E-state index is 6.30. The highest BCUT2D eigenvalue weighted by atomic mass is 16.3. The van der Waals surface area contributed by atoms with Crippen LogP contribution in [0.15, 0.2) is 168 Å². The number of anilines is 3. The second-order valence-corrected chi connectivity index (χ2v) is 13.8. The van der Waals surface area contributed by atoms with Gasteiger partial charge in [-0.25, -0.2) is 0 Å². The summed E-state index contributed by atoms with van der Waals surface area (Å²) >= 11 is 0. The van der Waals surface area contributed by atoms with Crippen molar-refractivity contribution in [3.8, 4) is 22.3 Å². The second-order valence-electron chi connectivity index (χ2n) is 13.8. The van der Waals surface area contributed by atoms with Crippen LogP contribution in [0.5, 0.6) is 0 Å². The first-order valence-electron chi connectivity index (χ1n) is 17.0. The summed E-state index contributed by atoms with van der Waals surface area (Å²) in [6, 6.07) is 59.7. The topological polar surface area (TPSA) is 16.4 Å². The van der Waals surface area contributed by atoms with E-state index in [9.17, 15) is 0 Å². The fourth-order valence-corrected chi connectivity index (χ4v) is 8.21. The molecule has 0 spiro atoms. The van der Waals surface area contributed by atoms with Gasteiger partial charge in [0.15, 0.2) is 0 Å². The van der Waals surface area contributed by atoms with E-state index in [0.717, 1.165) is 39.0 Å². The van der Waals surface area contributed by atoms with Gasteiger partial charge < -0.3 is 9.32 Å². The molecule has 2 nitrogen and oxygen atoms in total. The van der Waals surface area contributed by atoms with Crippen molar-refractivity contribution in [3.63, 3.8) is 0 Å². The Morgan fingerprint density at radius 2 is 1.10 bits per heavy atom. The lowest BCUT2D eigenvalue weighted by Gasteiger charge is -2.30. The standard InChI is InChI=1S/C47H33NO/c1-47(2)41-17-9-7-15-37(41)38-24-22-35(29-42(38)47)48(34-23-26-45-40(28-34)39-16-8-10-18-44(39)49-45)43-25-21-31-12-5-6-14-36(31)46(43)33-20-19-30-11-3-4-13-32(30)27-33/h3-29H,1-2H3. The summed E-state index contributed by atoms with van der Waals surface area (Å²) in [5, 5.41) is 7.15. The third-order valence-electron chi connectivity index (χ3n) is 10.6. The lowest BCUT2D eigenvalue weighted by atomic mass is 9.82. The third-order valence-corrected chi connectivity index (χ3v) is 10.6. The van der Waals surface area contributed by atoms with Crippen LogP contribution < -0.4 is 4.90 Å². The largest absolute Gasteiger partial charge is 0.456 e. The van der Waals surface area contributed by atoms with Crippen LogP contribution in [0, 0.1) is 0 Å². The maximum Gasteiger partial charge on any atom is 0.135 e. The molecule has 0 aliphatic heterocycles. The Morgan fingerprint density at radius 1 is 0.449 bits per heavy atom. The van der Waals surface area contributed by atoms with Crippen LogP contribution in [0.25, 0.3) is 65.7 Å². The average molecular weight is 628 g/mol. The Kier molecular flexibility index (Phi) is 5.95. The number of hydrogen-bond acceptors (Lipinski definition) is 2.